The largest absolute Gasteiger partial charge is 0.306 e. The Morgan fingerprint density at radius 1 is 1.33 bits per heavy atom. The van der Waals surface area contributed by atoms with Gasteiger partial charge in [-0.2, -0.15) is 0 Å². The van der Waals surface area contributed by atoms with Crippen LogP contribution < -0.4 is 0 Å². The minimum Gasteiger partial charge on any atom is -0.306 e. The number of hydrogen-bond acceptors (Lipinski definition) is 2. The summed E-state index contributed by atoms with van der Waals surface area (Å²) in [5.74, 6) is 0.842. The molecule has 0 bridgehead atoms. The van der Waals surface area contributed by atoms with Crippen LogP contribution in [0.5, 0.6) is 0 Å². The highest BCUT2D eigenvalue weighted by atomic mass is 16.1. The standard InChI is InChI=1S/C13H25NO/c1-3-4-7-10-14(2)11-12-8-5-6-9-13(12)15/h12H,3-11H2,1-2H3. The number of carbonyl (C=O) groups excluding carboxylic acids is 1. The lowest BCUT2D eigenvalue weighted by molar-refractivity contribution is -0.125. The van der Waals surface area contributed by atoms with Gasteiger partial charge in [-0.25, -0.2) is 0 Å². The van der Waals surface area contributed by atoms with Crippen molar-refractivity contribution >= 4 is 5.78 Å². The minimum atomic E-state index is 0.338. The van der Waals surface area contributed by atoms with Gasteiger partial charge in [-0.1, -0.05) is 26.2 Å². The molecule has 0 radical (unpaired) electrons. The average Bonchev–Trinajstić information content (AvgIpc) is 2.22. The zero-order valence-corrected chi connectivity index (χ0v) is 10.3. The zero-order chi connectivity index (χ0) is 11.1. The fourth-order valence-electron chi connectivity index (χ4n) is 2.35. The Kier molecular flexibility index (Phi) is 5.92. The summed E-state index contributed by atoms with van der Waals surface area (Å²) in [6, 6.07) is 0. The molecule has 1 aliphatic carbocycles. The molecule has 0 spiro atoms. The van der Waals surface area contributed by atoms with Crippen LogP contribution in [0.1, 0.15) is 51.9 Å². The summed E-state index contributed by atoms with van der Waals surface area (Å²) in [6.45, 7) is 4.37. The molecule has 0 aromatic heterocycles. The third-order valence-corrected chi connectivity index (χ3v) is 3.36. The normalized spacial score (nSPS) is 22.3. The Morgan fingerprint density at radius 2 is 2.13 bits per heavy atom. The van der Waals surface area contributed by atoms with Crippen molar-refractivity contribution < 1.29 is 4.79 Å². The van der Waals surface area contributed by atoms with Crippen molar-refractivity contribution in [1.82, 2.24) is 4.90 Å². The Balaban J connectivity index is 2.17. The van der Waals surface area contributed by atoms with E-state index in [1.807, 2.05) is 0 Å². The summed E-state index contributed by atoms with van der Waals surface area (Å²) >= 11 is 0. The van der Waals surface area contributed by atoms with Crippen LogP contribution in [0.3, 0.4) is 0 Å². The molecule has 0 heterocycles. The first-order valence-electron chi connectivity index (χ1n) is 6.45. The Bertz CT molecular complexity index is 191. The summed E-state index contributed by atoms with van der Waals surface area (Å²) in [4.78, 5) is 14.0. The van der Waals surface area contributed by atoms with E-state index in [0.29, 0.717) is 11.7 Å². The van der Waals surface area contributed by atoms with Gasteiger partial charge in [-0.05, 0) is 32.9 Å². The maximum atomic E-state index is 11.6. The highest BCUT2D eigenvalue weighted by molar-refractivity contribution is 5.81. The fraction of sp³-hybridized carbons (Fsp3) is 0.923. The topological polar surface area (TPSA) is 20.3 Å². The van der Waals surface area contributed by atoms with Gasteiger partial charge in [0.05, 0.1) is 0 Å². The molecule has 1 rings (SSSR count). The molecule has 1 saturated carbocycles. The molecular weight excluding hydrogens is 186 g/mol. The van der Waals surface area contributed by atoms with Gasteiger partial charge in [-0.3, -0.25) is 4.79 Å². The Hall–Kier alpha value is -0.370. The van der Waals surface area contributed by atoms with E-state index in [1.54, 1.807) is 0 Å². The molecule has 0 aromatic carbocycles. The van der Waals surface area contributed by atoms with Gasteiger partial charge in [0.2, 0.25) is 0 Å². The second kappa shape index (κ2) is 7.00. The molecule has 2 nitrogen and oxygen atoms in total. The van der Waals surface area contributed by atoms with Crippen LogP contribution in [0.15, 0.2) is 0 Å². The van der Waals surface area contributed by atoms with Crippen molar-refractivity contribution in [3.8, 4) is 0 Å². The molecule has 0 aliphatic heterocycles. The molecule has 2 heteroatoms. The molecule has 0 aromatic rings. The van der Waals surface area contributed by atoms with Crippen LogP contribution >= 0.6 is 0 Å². The molecule has 1 aliphatic rings. The van der Waals surface area contributed by atoms with Crippen molar-refractivity contribution in [2.45, 2.75) is 51.9 Å². The van der Waals surface area contributed by atoms with Crippen molar-refractivity contribution in [2.24, 2.45) is 5.92 Å². The lowest BCUT2D eigenvalue weighted by Gasteiger charge is -2.25. The van der Waals surface area contributed by atoms with E-state index in [1.165, 1.54) is 25.7 Å². The van der Waals surface area contributed by atoms with E-state index >= 15 is 0 Å². The summed E-state index contributed by atoms with van der Waals surface area (Å²) in [6.07, 6.45) is 8.17. The minimum absolute atomic E-state index is 0.338. The molecule has 0 amide bonds. The number of Topliss-reactive ketones (excluding diaryl/α,β-unsaturated/α-hetero) is 1. The van der Waals surface area contributed by atoms with Crippen LogP contribution in [-0.4, -0.2) is 30.8 Å². The number of hydrogen-bond donors (Lipinski definition) is 0. The average molecular weight is 211 g/mol. The second-order valence-electron chi connectivity index (χ2n) is 4.88. The van der Waals surface area contributed by atoms with Crippen LogP contribution in [0.2, 0.25) is 0 Å². The third-order valence-electron chi connectivity index (χ3n) is 3.36. The van der Waals surface area contributed by atoms with Gasteiger partial charge in [0.1, 0.15) is 5.78 Å². The zero-order valence-electron chi connectivity index (χ0n) is 10.3. The SMILES string of the molecule is CCCCCN(C)CC1CCCCC1=O. The summed E-state index contributed by atoms with van der Waals surface area (Å²) in [5, 5.41) is 0. The predicted octanol–water partition coefficient (Wildman–Crippen LogP) is 2.87. The first-order valence-corrected chi connectivity index (χ1v) is 6.45. The Labute approximate surface area is 94.0 Å². The molecule has 0 N–H and O–H groups in total. The van der Waals surface area contributed by atoms with Gasteiger partial charge < -0.3 is 4.90 Å². The van der Waals surface area contributed by atoms with Crippen LogP contribution in [-0.2, 0) is 4.79 Å². The number of rotatable bonds is 6. The van der Waals surface area contributed by atoms with E-state index in [0.717, 1.165) is 32.4 Å². The quantitative estimate of drug-likeness (QED) is 0.630. The van der Waals surface area contributed by atoms with Crippen LogP contribution in [0.4, 0.5) is 0 Å². The van der Waals surface area contributed by atoms with Gasteiger partial charge in [0.25, 0.3) is 0 Å². The van der Waals surface area contributed by atoms with Gasteiger partial charge in [0, 0.05) is 18.9 Å². The number of unbranched alkanes of at least 4 members (excludes halogenated alkanes) is 2. The number of carbonyl (C=O) groups is 1. The summed E-state index contributed by atoms with van der Waals surface area (Å²) in [7, 11) is 2.15. The first kappa shape index (κ1) is 12.7. The molecule has 0 saturated heterocycles. The van der Waals surface area contributed by atoms with Gasteiger partial charge in [0.15, 0.2) is 0 Å². The molecule has 1 unspecified atom stereocenters. The smallest absolute Gasteiger partial charge is 0.137 e. The van der Waals surface area contributed by atoms with Crippen LogP contribution in [0.25, 0.3) is 0 Å². The molecular formula is C13H25NO. The Morgan fingerprint density at radius 3 is 2.80 bits per heavy atom. The van der Waals surface area contributed by atoms with Crippen molar-refractivity contribution in [3.63, 3.8) is 0 Å². The fourth-order valence-corrected chi connectivity index (χ4v) is 2.35. The highest BCUT2D eigenvalue weighted by Gasteiger charge is 2.22. The van der Waals surface area contributed by atoms with Crippen molar-refractivity contribution in [3.05, 3.63) is 0 Å². The number of ketones is 1. The third kappa shape index (κ3) is 4.78. The lowest BCUT2D eigenvalue weighted by Crippen LogP contribution is -2.32. The number of nitrogens with zero attached hydrogens (tertiary/aromatic N) is 1. The van der Waals surface area contributed by atoms with Crippen LogP contribution in [0, 0.1) is 5.92 Å². The van der Waals surface area contributed by atoms with Crippen molar-refractivity contribution in [1.29, 1.82) is 0 Å². The van der Waals surface area contributed by atoms with Gasteiger partial charge >= 0.3 is 0 Å². The molecule has 1 fully saturated rings. The molecule has 88 valence electrons. The van der Waals surface area contributed by atoms with E-state index in [2.05, 4.69) is 18.9 Å². The van der Waals surface area contributed by atoms with E-state index < -0.39 is 0 Å². The maximum absolute atomic E-state index is 11.6. The predicted molar refractivity (Wildman–Crippen MR) is 64.0 cm³/mol. The highest BCUT2D eigenvalue weighted by Crippen LogP contribution is 2.21. The molecule has 15 heavy (non-hydrogen) atoms. The van der Waals surface area contributed by atoms with E-state index in [4.69, 9.17) is 0 Å². The second-order valence-corrected chi connectivity index (χ2v) is 4.88. The van der Waals surface area contributed by atoms with E-state index in [9.17, 15) is 4.79 Å². The van der Waals surface area contributed by atoms with E-state index in [-0.39, 0.29) is 0 Å². The first-order chi connectivity index (χ1) is 7.24. The summed E-state index contributed by atoms with van der Waals surface area (Å²) < 4.78 is 0. The maximum Gasteiger partial charge on any atom is 0.137 e. The van der Waals surface area contributed by atoms with Crippen molar-refractivity contribution in [2.75, 3.05) is 20.1 Å². The molecule has 1 atom stereocenters. The monoisotopic (exact) mass is 211 g/mol. The van der Waals surface area contributed by atoms with Gasteiger partial charge in [-0.15, -0.1) is 0 Å². The summed E-state index contributed by atoms with van der Waals surface area (Å²) in [5.41, 5.74) is 0. The lowest BCUT2D eigenvalue weighted by atomic mass is 9.87.